The van der Waals surface area contributed by atoms with Gasteiger partial charge in [0.2, 0.25) is 10.0 Å². The molecule has 0 bridgehead atoms. The van der Waals surface area contributed by atoms with Gasteiger partial charge in [0.05, 0.1) is 28.9 Å². The average Bonchev–Trinajstić information content (AvgIpc) is 3.49. The van der Waals surface area contributed by atoms with Crippen LogP contribution >= 0.6 is 0 Å². The number of sulfonamides is 1. The molecule has 2 aliphatic rings. The smallest absolute Gasteiger partial charge is 0.461 e. The third kappa shape index (κ3) is 7.08. The number of ether oxygens (including phenoxy) is 3. The molecule has 18 heteroatoms. The molecule has 14 nitrogen and oxygen atoms in total. The zero-order valence-electron chi connectivity index (χ0n) is 26.5. The van der Waals surface area contributed by atoms with Gasteiger partial charge in [0.25, 0.3) is 5.69 Å². The second kappa shape index (κ2) is 14.0. The van der Waals surface area contributed by atoms with Gasteiger partial charge in [-0.1, -0.05) is 24.3 Å². The van der Waals surface area contributed by atoms with Crippen molar-refractivity contribution >= 4 is 27.4 Å². The molecule has 264 valence electrons. The largest absolute Gasteiger partial charge is 0.573 e. The van der Waals surface area contributed by atoms with Crippen molar-refractivity contribution in [2.24, 2.45) is 0 Å². The number of hydrogen-bond donors (Lipinski definition) is 1. The highest BCUT2D eigenvalue weighted by molar-refractivity contribution is 7.89. The van der Waals surface area contributed by atoms with E-state index in [-0.39, 0.29) is 47.8 Å². The summed E-state index contributed by atoms with van der Waals surface area (Å²) >= 11 is 0. The molecule has 0 aliphatic carbocycles. The highest BCUT2D eigenvalue weighted by Crippen LogP contribution is 2.39. The lowest BCUT2D eigenvalue weighted by Gasteiger charge is -2.39. The fraction of sp³-hybridized carbons (Fsp3) is 0.312. The molecular weight excluding hydrogens is 685 g/mol. The van der Waals surface area contributed by atoms with Crippen molar-refractivity contribution in [3.05, 3.63) is 94.3 Å². The van der Waals surface area contributed by atoms with Crippen molar-refractivity contribution in [3.8, 4) is 22.9 Å². The highest BCUT2D eigenvalue weighted by Gasteiger charge is 2.39. The van der Waals surface area contributed by atoms with Crippen molar-refractivity contribution in [1.82, 2.24) is 19.0 Å². The van der Waals surface area contributed by atoms with Crippen LogP contribution in [0.2, 0.25) is 0 Å². The number of hydrogen-bond acceptors (Lipinski definition) is 11. The van der Waals surface area contributed by atoms with Crippen molar-refractivity contribution in [2.45, 2.75) is 30.6 Å². The summed E-state index contributed by atoms with van der Waals surface area (Å²) in [5.41, 5.74) is 1.10. The predicted octanol–water partition coefficient (Wildman–Crippen LogP) is 5.51. The highest BCUT2D eigenvalue weighted by atomic mass is 32.2. The number of nitrogens with zero attached hydrogens (tertiary/aromatic N) is 5. The molecule has 6 rings (SSSR count). The molecule has 0 saturated carbocycles. The number of nitro groups is 1. The van der Waals surface area contributed by atoms with Crippen LogP contribution in [-0.4, -0.2) is 84.0 Å². The van der Waals surface area contributed by atoms with Crippen LogP contribution in [0, 0.1) is 10.1 Å². The third-order valence-corrected chi connectivity index (χ3v) is 10.1. The number of esters is 1. The first kappa shape index (κ1) is 34.7. The molecular formula is C32H31F3N6O8S. The van der Waals surface area contributed by atoms with Crippen molar-refractivity contribution in [2.75, 3.05) is 44.6 Å². The maximum atomic E-state index is 13.4. The van der Waals surface area contributed by atoms with Crippen LogP contribution in [0.15, 0.2) is 77.7 Å². The van der Waals surface area contributed by atoms with E-state index in [4.69, 9.17) is 14.6 Å². The first-order chi connectivity index (χ1) is 23.9. The molecule has 1 aromatic heterocycles. The Morgan fingerprint density at radius 2 is 1.66 bits per heavy atom. The van der Waals surface area contributed by atoms with E-state index in [9.17, 15) is 36.5 Å². The molecule has 1 N–H and O–H groups in total. The van der Waals surface area contributed by atoms with Gasteiger partial charge in [0, 0.05) is 38.8 Å². The molecule has 3 aromatic carbocycles. The molecule has 0 spiro atoms. The number of carbonyl (C=O) groups is 1. The summed E-state index contributed by atoms with van der Waals surface area (Å²) in [6.45, 7) is 3.02. The van der Waals surface area contributed by atoms with Crippen LogP contribution in [-0.2, 0) is 14.8 Å². The van der Waals surface area contributed by atoms with Crippen molar-refractivity contribution in [1.29, 1.82) is 0 Å². The zero-order valence-corrected chi connectivity index (χ0v) is 27.3. The number of nitrogens with one attached hydrogen (secondary N) is 1. The number of fused-ring (bicyclic) bond motifs is 1. The molecule has 0 radical (unpaired) electrons. The summed E-state index contributed by atoms with van der Waals surface area (Å²) in [7, 11) is -4.14. The van der Waals surface area contributed by atoms with Crippen LogP contribution in [0.3, 0.4) is 0 Å². The summed E-state index contributed by atoms with van der Waals surface area (Å²) in [4.78, 5) is 25.8. The van der Waals surface area contributed by atoms with E-state index in [2.05, 4.69) is 15.0 Å². The minimum absolute atomic E-state index is 0.0810. The lowest BCUT2D eigenvalue weighted by Crippen LogP contribution is -2.50. The van der Waals surface area contributed by atoms with Gasteiger partial charge in [-0.05, 0) is 55.8 Å². The molecule has 0 unspecified atom stereocenters. The molecule has 3 heterocycles. The topological polar surface area (TPSA) is 158 Å². The lowest BCUT2D eigenvalue weighted by atomic mass is 10.0. The number of piperazine rings is 1. The van der Waals surface area contributed by atoms with Gasteiger partial charge in [-0.3, -0.25) is 15.0 Å². The van der Waals surface area contributed by atoms with Crippen molar-refractivity contribution < 1.29 is 45.5 Å². The number of anilines is 1. The predicted molar refractivity (Wildman–Crippen MR) is 172 cm³/mol. The van der Waals surface area contributed by atoms with Gasteiger partial charge >= 0.3 is 12.3 Å². The lowest BCUT2D eigenvalue weighted by molar-refractivity contribution is -0.387. The minimum Gasteiger partial charge on any atom is -0.461 e. The van der Waals surface area contributed by atoms with Crippen molar-refractivity contribution in [3.63, 3.8) is 0 Å². The summed E-state index contributed by atoms with van der Waals surface area (Å²) in [5, 5.41) is 19.6. The fourth-order valence-electron chi connectivity index (χ4n) is 5.99. The summed E-state index contributed by atoms with van der Waals surface area (Å²) in [6, 6.07) is 16.5. The van der Waals surface area contributed by atoms with E-state index in [0.717, 1.165) is 12.1 Å². The number of halogens is 3. The maximum Gasteiger partial charge on any atom is 0.573 e. The first-order valence-corrected chi connectivity index (χ1v) is 17.0. The molecule has 50 heavy (non-hydrogen) atoms. The number of benzene rings is 3. The molecule has 1 saturated heterocycles. The molecule has 1 atom stereocenters. The van der Waals surface area contributed by atoms with Crippen LogP contribution in [0.1, 0.15) is 35.6 Å². The SMILES string of the molecule is CCOC(=O)c1c2c(nn1-c1ccc(Oc3ccccc3OC(F)(F)F)cc1)[C@H](N1CCN(S(=O)(=O)c3ccccc3[N+](=O)[O-])CC1)CCN2. The van der Waals surface area contributed by atoms with Gasteiger partial charge in [-0.2, -0.15) is 9.40 Å². The molecule has 1 fully saturated rings. The number of aromatic nitrogens is 2. The number of rotatable bonds is 10. The van der Waals surface area contributed by atoms with E-state index < -0.39 is 38.7 Å². The van der Waals surface area contributed by atoms with E-state index in [1.165, 1.54) is 57.5 Å². The van der Waals surface area contributed by atoms with E-state index in [1.807, 2.05) is 0 Å². The Bertz CT molecular complexity index is 2000. The van der Waals surface area contributed by atoms with Crippen LogP contribution in [0.4, 0.5) is 24.5 Å². The number of alkyl halides is 3. The second-order valence-corrected chi connectivity index (χ2v) is 13.1. The Kier molecular flexibility index (Phi) is 9.68. The molecule has 2 aliphatic heterocycles. The summed E-state index contributed by atoms with van der Waals surface area (Å²) in [5.74, 6) is -1.09. The van der Waals surface area contributed by atoms with Crippen LogP contribution in [0.5, 0.6) is 17.2 Å². The quantitative estimate of drug-likeness (QED) is 0.125. The van der Waals surface area contributed by atoms with Gasteiger partial charge in [0.1, 0.15) is 11.4 Å². The van der Waals surface area contributed by atoms with E-state index >= 15 is 0 Å². The van der Waals surface area contributed by atoms with Gasteiger partial charge in [-0.15, -0.1) is 13.2 Å². The summed E-state index contributed by atoms with van der Waals surface area (Å²) < 4.78 is 83.2. The standard InChI is InChI=1S/C32H31F3N6O8S/c1-2-47-31(42)30-29-28(37-40(30)21-11-13-22(14-12-21)48-25-8-4-5-9-26(25)49-32(33,34)35)24(15-16-36-29)38-17-19-39(20-18-38)50(45,46)27-10-6-3-7-23(27)41(43)44/h3-14,24,36H,2,15-20H2,1H3/t24-/m1/s1. The van der Waals surface area contributed by atoms with Gasteiger partial charge in [0.15, 0.2) is 22.1 Å². The first-order valence-electron chi connectivity index (χ1n) is 15.5. The Balaban J connectivity index is 1.25. The maximum absolute atomic E-state index is 13.4. The number of para-hydroxylation sites is 3. The Morgan fingerprint density at radius 1 is 1.00 bits per heavy atom. The zero-order chi connectivity index (χ0) is 35.6. The molecule has 0 amide bonds. The van der Waals surface area contributed by atoms with Gasteiger partial charge in [-0.25, -0.2) is 17.9 Å². The monoisotopic (exact) mass is 716 g/mol. The summed E-state index contributed by atoms with van der Waals surface area (Å²) in [6.07, 6.45) is -4.32. The average molecular weight is 717 g/mol. The van der Waals surface area contributed by atoms with Crippen LogP contribution in [0.25, 0.3) is 5.69 Å². The Hall–Kier alpha value is -5.20. The Morgan fingerprint density at radius 3 is 2.32 bits per heavy atom. The van der Waals surface area contributed by atoms with E-state index in [0.29, 0.717) is 43.1 Å². The normalized spacial score (nSPS) is 17.0. The minimum atomic E-state index is -4.91. The Labute approximate surface area is 284 Å². The molecule has 4 aromatic rings. The van der Waals surface area contributed by atoms with Gasteiger partial charge < -0.3 is 19.5 Å². The number of nitro benzene ring substituents is 1. The van der Waals surface area contributed by atoms with Crippen LogP contribution < -0.4 is 14.8 Å². The van der Waals surface area contributed by atoms with E-state index in [1.54, 1.807) is 19.1 Å². The fourth-order valence-corrected chi connectivity index (χ4v) is 7.57. The second-order valence-electron chi connectivity index (χ2n) is 11.2. The number of carbonyl (C=O) groups excluding carboxylic acids is 1. The third-order valence-electron chi connectivity index (χ3n) is 8.19.